The number of nitrogens with zero attached hydrogens (tertiary/aromatic N) is 2. The Morgan fingerprint density at radius 1 is 0.933 bits per heavy atom. The minimum absolute atomic E-state index is 0.0680. The first kappa shape index (κ1) is 20.8. The first-order chi connectivity index (χ1) is 14.7. The number of carbonyl (C=O) groups is 1. The van der Waals surface area contributed by atoms with Crippen LogP contribution >= 0.6 is 0 Å². The van der Waals surface area contributed by atoms with E-state index in [2.05, 4.69) is 10.3 Å². The van der Waals surface area contributed by atoms with Gasteiger partial charge in [-0.05, 0) is 55.4 Å². The van der Waals surface area contributed by atoms with Crippen LogP contribution in [0.4, 0.5) is 5.82 Å². The van der Waals surface area contributed by atoms with Crippen LogP contribution in [0.25, 0.3) is 11.3 Å². The molecule has 0 spiro atoms. The fraction of sp³-hybridized carbons (Fsp3) is 0.560. The van der Waals surface area contributed by atoms with Crippen molar-refractivity contribution in [2.24, 2.45) is 11.8 Å². The van der Waals surface area contributed by atoms with Crippen LogP contribution in [0.5, 0.6) is 5.75 Å². The molecule has 30 heavy (non-hydrogen) atoms. The monoisotopic (exact) mass is 407 g/mol. The number of phenols is 1. The largest absolute Gasteiger partial charge is 0.508 e. The summed E-state index contributed by atoms with van der Waals surface area (Å²) in [6.07, 6.45) is 15.6. The van der Waals surface area contributed by atoms with E-state index in [1.807, 2.05) is 12.1 Å². The van der Waals surface area contributed by atoms with Crippen molar-refractivity contribution in [3.8, 4) is 17.0 Å². The molecule has 160 valence electrons. The van der Waals surface area contributed by atoms with Gasteiger partial charge in [0.15, 0.2) is 5.82 Å². The second-order valence-corrected chi connectivity index (χ2v) is 9.06. The molecule has 4 rings (SSSR count). The van der Waals surface area contributed by atoms with Crippen LogP contribution in [-0.4, -0.2) is 21.0 Å². The summed E-state index contributed by atoms with van der Waals surface area (Å²) < 4.78 is 0. The Bertz CT molecular complexity index is 838. The van der Waals surface area contributed by atoms with E-state index >= 15 is 0 Å². The lowest BCUT2D eigenvalue weighted by Crippen LogP contribution is -2.21. The molecule has 0 atom stereocenters. The Kier molecular flexibility index (Phi) is 6.98. The minimum atomic E-state index is 0.0680. The van der Waals surface area contributed by atoms with E-state index in [1.54, 1.807) is 18.3 Å². The normalized spacial score (nSPS) is 18.3. The molecule has 5 heteroatoms. The minimum Gasteiger partial charge on any atom is -0.508 e. The molecule has 0 unspecified atom stereocenters. The van der Waals surface area contributed by atoms with Crippen molar-refractivity contribution < 1.29 is 9.90 Å². The Morgan fingerprint density at radius 2 is 1.57 bits per heavy atom. The number of benzene rings is 1. The summed E-state index contributed by atoms with van der Waals surface area (Å²) in [4.78, 5) is 22.2. The summed E-state index contributed by atoms with van der Waals surface area (Å²) in [6.45, 7) is 0. The van der Waals surface area contributed by atoms with E-state index < -0.39 is 0 Å². The molecule has 2 saturated carbocycles. The van der Waals surface area contributed by atoms with Gasteiger partial charge >= 0.3 is 0 Å². The van der Waals surface area contributed by atoms with Crippen molar-refractivity contribution in [3.63, 3.8) is 0 Å². The van der Waals surface area contributed by atoms with Crippen LogP contribution in [0.2, 0.25) is 0 Å². The first-order valence-electron chi connectivity index (χ1n) is 11.6. The van der Waals surface area contributed by atoms with Gasteiger partial charge in [-0.15, -0.1) is 0 Å². The number of aromatic hydroxyl groups is 1. The van der Waals surface area contributed by atoms with Crippen molar-refractivity contribution >= 4 is 11.7 Å². The molecule has 2 aliphatic rings. The molecule has 2 aromatic rings. The third-order valence-electron chi connectivity index (χ3n) is 6.67. The number of aromatic nitrogens is 2. The van der Waals surface area contributed by atoms with E-state index in [1.165, 1.54) is 51.4 Å². The van der Waals surface area contributed by atoms with E-state index in [0.29, 0.717) is 24.1 Å². The average molecular weight is 408 g/mol. The predicted molar refractivity (Wildman–Crippen MR) is 119 cm³/mol. The van der Waals surface area contributed by atoms with Gasteiger partial charge in [-0.2, -0.15) is 0 Å². The lowest BCUT2D eigenvalue weighted by atomic mass is 9.86. The number of hydrogen-bond acceptors (Lipinski definition) is 4. The molecule has 0 bridgehead atoms. The standard InChI is InChI=1S/C25H33N3O2/c29-21-13-11-20(12-14-21)23-17-26-25(22(27-23)15-18-7-3-1-4-8-18)28-24(30)16-19-9-5-2-6-10-19/h11-14,17-19,29H,1-10,15-16H2,(H,26,28,30). The summed E-state index contributed by atoms with van der Waals surface area (Å²) in [7, 11) is 0. The van der Waals surface area contributed by atoms with E-state index in [4.69, 9.17) is 4.98 Å². The second-order valence-electron chi connectivity index (χ2n) is 9.06. The number of rotatable bonds is 6. The van der Waals surface area contributed by atoms with Gasteiger partial charge in [0.1, 0.15) is 5.75 Å². The Morgan fingerprint density at radius 3 is 2.23 bits per heavy atom. The number of anilines is 1. The third kappa shape index (κ3) is 5.59. The van der Waals surface area contributed by atoms with Crippen molar-refractivity contribution in [1.82, 2.24) is 9.97 Å². The lowest BCUT2D eigenvalue weighted by molar-refractivity contribution is -0.117. The molecule has 5 nitrogen and oxygen atoms in total. The molecule has 1 heterocycles. The van der Waals surface area contributed by atoms with Gasteiger partial charge in [-0.1, -0.05) is 51.4 Å². The van der Waals surface area contributed by atoms with Gasteiger partial charge < -0.3 is 10.4 Å². The molecule has 0 radical (unpaired) electrons. The average Bonchev–Trinajstić information content (AvgIpc) is 2.77. The van der Waals surface area contributed by atoms with Gasteiger partial charge in [-0.3, -0.25) is 4.79 Å². The molecular weight excluding hydrogens is 374 g/mol. The van der Waals surface area contributed by atoms with Crippen molar-refractivity contribution in [2.75, 3.05) is 5.32 Å². The summed E-state index contributed by atoms with van der Waals surface area (Å²) in [5, 5.41) is 12.7. The SMILES string of the molecule is O=C(CC1CCCCC1)Nc1ncc(-c2ccc(O)cc2)nc1CC1CCCCC1. The molecule has 1 amide bonds. The Balaban J connectivity index is 1.52. The van der Waals surface area contributed by atoms with Crippen LogP contribution in [0, 0.1) is 11.8 Å². The highest BCUT2D eigenvalue weighted by atomic mass is 16.3. The number of amides is 1. The van der Waals surface area contributed by atoms with Crippen molar-refractivity contribution in [1.29, 1.82) is 0 Å². The summed E-state index contributed by atoms with van der Waals surface area (Å²) in [5.74, 6) is 2.05. The van der Waals surface area contributed by atoms with E-state index in [-0.39, 0.29) is 11.7 Å². The molecular formula is C25H33N3O2. The van der Waals surface area contributed by atoms with Gasteiger partial charge in [-0.25, -0.2) is 9.97 Å². The molecule has 2 fully saturated rings. The van der Waals surface area contributed by atoms with Crippen LogP contribution in [0.15, 0.2) is 30.5 Å². The van der Waals surface area contributed by atoms with Gasteiger partial charge in [0.25, 0.3) is 0 Å². The molecule has 1 aromatic carbocycles. The first-order valence-corrected chi connectivity index (χ1v) is 11.6. The zero-order valence-corrected chi connectivity index (χ0v) is 17.8. The molecule has 0 aliphatic heterocycles. The maximum absolute atomic E-state index is 12.7. The van der Waals surface area contributed by atoms with Crippen LogP contribution in [0.3, 0.4) is 0 Å². The van der Waals surface area contributed by atoms with Gasteiger partial charge in [0, 0.05) is 12.0 Å². The van der Waals surface area contributed by atoms with Crippen molar-refractivity contribution in [2.45, 2.75) is 77.0 Å². The van der Waals surface area contributed by atoms with Crippen LogP contribution < -0.4 is 5.32 Å². The Labute approximate surface area is 179 Å². The zero-order chi connectivity index (χ0) is 20.8. The summed E-state index contributed by atoms with van der Waals surface area (Å²) >= 11 is 0. The van der Waals surface area contributed by atoms with E-state index in [0.717, 1.165) is 36.2 Å². The zero-order valence-electron chi connectivity index (χ0n) is 17.8. The second kappa shape index (κ2) is 10.1. The molecule has 2 N–H and O–H groups in total. The van der Waals surface area contributed by atoms with Crippen molar-refractivity contribution in [3.05, 3.63) is 36.2 Å². The Hall–Kier alpha value is -2.43. The molecule has 1 aromatic heterocycles. The van der Waals surface area contributed by atoms with Gasteiger partial charge in [0.2, 0.25) is 5.91 Å². The van der Waals surface area contributed by atoms with Crippen LogP contribution in [-0.2, 0) is 11.2 Å². The quantitative estimate of drug-likeness (QED) is 0.627. The number of nitrogens with one attached hydrogen (secondary N) is 1. The highest BCUT2D eigenvalue weighted by Crippen LogP contribution is 2.30. The topological polar surface area (TPSA) is 75.1 Å². The smallest absolute Gasteiger partial charge is 0.225 e. The molecule has 2 aliphatic carbocycles. The van der Waals surface area contributed by atoms with Gasteiger partial charge in [0.05, 0.1) is 17.6 Å². The van der Waals surface area contributed by atoms with Crippen LogP contribution in [0.1, 0.15) is 76.3 Å². The summed E-state index contributed by atoms with van der Waals surface area (Å²) in [6, 6.07) is 7.03. The highest BCUT2D eigenvalue weighted by Gasteiger charge is 2.21. The maximum atomic E-state index is 12.7. The fourth-order valence-electron chi connectivity index (χ4n) is 4.95. The summed E-state index contributed by atoms with van der Waals surface area (Å²) in [5.41, 5.74) is 2.60. The maximum Gasteiger partial charge on any atom is 0.225 e. The fourth-order valence-corrected chi connectivity index (χ4v) is 4.95. The lowest BCUT2D eigenvalue weighted by Gasteiger charge is -2.23. The highest BCUT2D eigenvalue weighted by molar-refractivity contribution is 5.90. The third-order valence-corrected chi connectivity index (χ3v) is 6.67. The number of carbonyl (C=O) groups excluding carboxylic acids is 1. The predicted octanol–water partition coefficient (Wildman–Crippen LogP) is 5.88. The number of phenolic OH excluding ortho intramolecular Hbond substituents is 1. The molecule has 0 saturated heterocycles. The number of hydrogen-bond donors (Lipinski definition) is 2. The van der Waals surface area contributed by atoms with E-state index in [9.17, 15) is 9.90 Å².